The summed E-state index contributed by atoms with van der Waals surface area (Å²) in [7, 11) is 0. The molecule has 1 amide bonds. The fourth-order valence-electron chi connectivity index (χ4n) is 3.31. The summed E-state index contributed by atoms with van der Waals surface area (Å²) < 4.78 is 0. The van der Waals surface area contributed by atoms with E-state index in [0.29, 0.717) is 24.7 Å². The van der Waals surface area contributed by atoms with Crippen molar-refractivity contribution < 1.29 is 10.0 Å². The van der Waals surface area contributed by atoms with Gasteiger partial charge in [-0.05, 0) is 31.1 Å². The van der Waals surface area contributed by atoms with Crippen molar-refractivity contribution in [2.45, 2.75) is 51.9 Å². The summed E-state index contributed by atoms with van der Waals surface area (Å²) in [6, 6.07) is 0. The Morgan fingerprint density at radius 2 is 2.05 bits per heavy atom. The zero-order valence-corrected chi connectivity index (χ0v) is 11.7. The standard InChI is InChI=1S/C14H25N3O2/c1-10-5-2-3-6-11(10)9-16-13(18)14(7-4-8-14)12(15)17-19/h10-11,19H,2-9H2,1H3,(H2,15,17)(H,16,18). The third-order valence-corrected chi connectivity index (χ3v) is 5.05. The average Bonchev–Trinajstić information content (AvgIpc) is 2.36. The second-order valence-corrected chi connectivity index (χ2v) is 6.15. The van der Waals surface area contributed by atoms with Gasteiger partial charge in [0.25, 0.3) is 0 Å². The molecule has 4 N–H and O–H groups in total. The van der Waals surface area contributed by atoms with Crippen LogP contribution in [0.2, 0.25) is 0 Å². The Labute approximate surface area is 114 Å². The maximum Gasteiger partial charge on any atom is 0.233 e. The molecular weight excluding hydrogens is 242 g/mol. The van der Waals surface area contributed by atoms with Crippen molar-refractivity contribution >= 4 is 11.7 Å². The van der Waals surface area contributed by atoms with Crippen molar-refractivity contribution in [3.63, 3.8) is 0 Å². The van der Waals surface area contributed by atoms with E-state index < -0.39 is 5.41 Å². The molecule has 0 saturated heterocycles. The summed E-state index contributed by atoms with van der Waals surface area (Å²) in [6.07, 6.45) is 7.35. The molecule has 5 nitrogen and oxygen atoms in total. The third kappa shape index (κ3) is 2.69. The number of nitrogens with zero attached hydrogens (tertiary/aromatic N) is 1. The highest BCUT2D eigenvalue weighted by Gasteiger charge is 2.48. The number of nitrogens with one attached hydrogen (secondary N) is 1. The largest absolute Gasteiger partial charge is 0.409 e. The van der Waals surface area contributed by atoms with Gasteiger partial charge >= 0.3 is 0 Å². The van der Waals surface area contributed by atoms with E-state index in [1.807, 2.05) is 0 Å². The Balaban J connectivity index is 1.90. The van der Waals surface area contributed by atoms with E-state index in [-0.39, 0.29) is 11.7 Å². The second kappa shape index (κ2) is 5.80. The molecule has 2 aliphatic rings. The predicted octanol–water partition coefficient (Wildman–Crippen LogP) is 1.85. The van der Waals surface area contributed by atoms with Crippen LogP contribution in [-0.4, -0.2) is 23.5 Å². The van der Waals surface area contributed by atoms with Gasteiger partial charge in [0.2, 0.25) is 5.91 Å². The SMILES string of the molecule is CC1CCCCC1CNC(=O)C1(C(N)=NO)CCC1. The van der Waals surface area contributed by atoms with E-state index in [1.165, 1.54) is 25.7 Å². The second-order valence-electron chi connectivity index (χ2n) is 6.15. The lowest BCUT2D eigenvalue weighted by atomic mass is 9.67. The monoisotopic (exact) mass is 267 g/mol. The molecule has 2 unspecified atom stereocenters. The number of rotatable bonds is 4. The molecule has 0 aromatic carbocycles. The van der Waals surface area contributed by atoms with Gasteiger partial charge in [-0.2, -0.15) is 0 Å². The van der Waals surface area contributed by atoms with Crippen LogP contribution < -0.4 is 11.1 Å². The lowest BCUT2D eigenvalue weighted by molar-refractivity contribution is -0.131. The first-order valence-corrected chi connectivity index (χ1v) is 7.36. The zero-order chi connectivity index (χ0) is 13.9. The number of carbonyl (C=O) groups is 1. The van der Waals surface area contributed by atoms with E-state index in [2.05, 4.69) is 17.4 Å². The number of amides is 1. The highest BCUT2D eigenvalue weighted by atomic mass is 16.4. The fraction of sp³-hybridized carbons (Fsp3) is 0.857. The van der Waals surface area contributed by atoms with Crippen LogP contribution >= 0.6 is 0 Å². The Morgan fingerprint density at radius 1 is 1.37 bits per heavy atom. The molecule has 2 rings (SSSR count). The summed E-state index contributed by atoms with van der Waals surface area (Å²) in [5.41, 5.74) is 4.95. The van der Waals surface area contributed by atoms with Gasteiger partial charge in [-0.15, -0.1) is 0 Å². The number of oxime groups is 1. The molecule has 2 saturated carbocycles. The number of amidine groups is 1. The van der Waals surface area contributed by atoms with Crippen LogP contribution in [0.15, 0.2) is 5.16 Å². The van der Waals surface area contributed by atoms with Gasteiger partial charge < -0.3 is 16.3 Å². The van der Waals surface area contributed by atoms with E-state index in [1.54, 1.807) is 0 Å². The van der Waals surface area contributed by atoms with Gasteiger partial charge in [0.05, 0.1) is 0 Å². The number of hydrogen-bond acceptors (Lipinski definition) is 3. The molecule has 0 heterocycles. The van der Waals surface area contributed by atoms with Gasteiger partial charge in [-0.1, -0.05) is 37.8 Å². The topological polar surface area (TPSA) is 87.7 Å². The average molecular weight is 267 g/mol. The molecule has 0 aromatic rings. The van der Waals surface area contributed by atoms with Crippen molar-refractivity contribution in [2.75, 3.05) is 6.54 Å². The Morgan fingerprint density at radius 3 is 2.58 bits per heavy atom. The number of hydrogen-bond donors (Lipinski definition) is 3. The highest BCUT2D eigenvalue weighted by Crippen LogP contribution is 2.41. The van der Waals surface area contributed by atoms with Crippen LogP contribution in [0.1, 0.15) is 51.9 Å². The first-order valence-electron chi connectivity index (χ1n) is 7.36. The molecule has 19 heavy (non-hydrogen) atoms. The van der Waals surface area contributed by atoms with Crippen LogP contribution in [-0.2, 0) is 4.79 Å². The van der Waals surface area contributed by atoms with Crippen molar-refractivity contribution in [1.29, 1.82) is 0 Å². The normalized spacial score (nSPS) is 30.5. The Kier molecular flexibility index (Phi) is 4.32. The molecule has 0 aliphatic heterocycles. The van der Waals surface area contributed by atoms with Gasteiger partial charge in [0, 0.05) is 6.54 Å². The minimum absolute atomic E-state index is 0.0629. The lowest BCUT2D eigenvalue weighted by Crippen LogP contribution is -2.54. The van der Waals surface area contributed by atoms with Crippen LogP contribution in [0.4, 0.5) is 0 Å². The molecular formula is C14H25N3O2. The first kappa shape index (κ1) is 14.2. The molecule has 0 radical (unpaired) electrons. The molecule has 5 heteroatoms. The van der Waals surface area contributed by atoms with Crippen LogP contribution in [0.3, 0.4) is 0 Å². The van der Waals surface area contributed by atoms with E-state index in [4.69, 9.17) is 10.9 Å². The van der Waals surface area contributed by atoms with Crippen molar-refractivity contribution in [3.05, 3.63) is 0 Å². The minimum atomic E-state index is -0.743. The van der Waals surface area contributed by atoms with Crippen molar-refractivity contribution in [1.82, 2.24) is 5.32 Å². The predicted molar refractivity (Wildman–Crippen MR) is 73.8 cm³/mol. The van der Waals surface area contributed by atoms with Gasteiger partial charge in [-0.25, -0.2) is 0 Å². The van der Waals surface area contributed by atoms with E-state index in [0.717, 1.165) is 13.0 Å². The zero-order valence-electron chi connectivity index (χ0n) is 11.7. The fourth-order valence-corrected chi connectivity index (χ4v) is 3.31. The third-order valence-electron chi connectivity index (χ3n) is 5.05. The maximum atomic E-state index is 12.3. The summed E-state index contributed by atoms with van der Waals surface area (Å²) in [4.78, 5) is 12.3. The first-order chi connectivity index (χ1) is 9.10. The molecule has 108 valence electrons. The maximum absolute atomic E-state index is 12.3. The van der Waals surface area contributed by atoms with Crippen LogP contribution in [0.5, 0.6) is 0 Å². The molecule has 0 spiro atoms. The molecule has 0 bridgehead atoms. The summed E-state index contributed by atoms with van der Waals surface area (Å²) in [6.45, 7) is 2.99. The number of nitrogens with two attached hydrogens (primary N) is 1. The van der Waals surface area contributed by atoms with Crippen molar-refractivity contribution in [3.8, 4) is 0 Å². The summed E-state index contributed by atoms with van der Waals surface area (Å²) in [5.74, 6) is 1.25. The van der Waals surface area contributed by atoms with Crippen molar-refractivity contribution in [2.24, 2.45) is 28.1 Å². The van der Waals surface area contributed by atoms with Gasteiger partial charge in [0.1, 0.15) is 5.41 Å². The van der Waals surface area contributed by atoms with Gasteiger partial charge in [-0.3, -0.25) is 4.79 Å². The molecule has 2 aliphatic carbocycles. The summed E-state index contributed by atoms with van der Waals surface area (Å²) in [5, 5.41) is 14.9. The number of carbonyl (C=O) groups excluding carboxylic acids is 1. The van der Waals surface area contributed by atoms with Crippen LogP contribution in [0.25, 0.3) is 0 Å². The molecule has 0 aromatic heterocycles. The summed E-state index contributed by atoms with van der Waals surface area (Å²) >= 11 is 0. The minimum Gasteiger partial charge on any atom is -0.409 e. The quantitative estimate of drug-likeness (QED) is 0.314. The van der Waals surface area contributed by atoms with Crippen LogP contribution in [0, 0.1) is 17.3 Å². The molecule has 2 atom stereocenters. The smallest absolute Gasteiger partial charge is 0.233 e. The lowest BCUT2D eigenvalue weighted by Gasteiger charge is -2.39. The highest BCUT2D eigenvalue weighted by molar-refractivity contribution is 6.07. The van der Waals surface area contributed by atoms with Gasteiger partial charge in [0.15, 0.2) is 5.84 Å². The van der Waals surface area contributed by atoms with E-state index in [9.17, 15) is 4.79 Å². The Hall–Kier alpha value is -1.26. The van der Waals surface area contributed by atoms with E-state index >= 15 is 0 Å². The molecule has 2 fully saturated rings. The Bertz CT molecular complexity index is 364.